The SMILES string of the molecule is CN=C(NCc1cccc(NC(=O)Cn2cccn2)c1)NCC(C)Oc1ccccc1C. The Morgan fingerprint density at radius 1 is 1.16 bits per heavy atom. The second-order valence-electron chi connectivity index (χ2n) is 7.45. The zero-order valence-electron chi connectivity index (χ0n) is 18.7. The molecule has 0 saturated carbocycles. The van der Waals surface area contributed by atoms with E-state index in [1.165, 1.54) is 0 Å². The third-order valence-electron chi connectivity index (χ3n) is 4.74. The molecule has 0 fully saturated rings. The van der Waals surface area contributed by atoms with Crippen LogP contribution >= 0.6 is 0 Å². The number of carbonyl (C=O) groups excluding carboxylic acids is 1. The van der Waals surface area contributed by atoms with Gasteiger partial charge in [-0.1, -0.05) is 30.3 Å². The Labute approximate surface area is 188 Å². The molecule has 8 heteroatoms. The summed E-state index contributed by atoms with van der Waals surface area (Å²) < 4.78 is 7.58. The van der Waals surface area contributed by atoms with E-state index in [0.717, 1.165) is 22.6 Å². The summed E-state index contributed by atoms with van der Waals surface area (Å²) in [6.07, 6.45) is 3.38. The first-order chi connectivity index (χ1) is 15.5. The van der Waals surface area contributed by atoms with Crippen molar-refractivity contribution in [2.75, 3.05) is 18.9 Å². The van der Waals surface area contributed by atoms with E-state index in [-0.39, 0.29) is 18.6 Å². The van der Waals surface area contributed by atoms with Gasteiger partial charge >= 0.3 is 0 Å². The van der Waals surface area contributed by atoms with Crippen LogP contribution in [0.15, 0.2) is 72.0 Å². The summed E-state index contributed by atoms with van der Waals surface area (Å²) in [4.78, 5) is 16.4. The van der Waals surface area contributed by atoms with Crippen molar-refractivity contribution in [2.24, 2.45) is 4.99 Å². The van der Waals surface area contributed by atoms with Crippen LogP contribution in [0.3, 0.4) is 0 Å². The number of aliphatic imine (C=N–C) groups is 1. The summed E-state index contributed by atoms with van der Waals surface area (Å²) in [7, 11) is 1.73. The number of aromatic nitrogens is 2. The number of nitrogens with one attached hydrogen (secondary N) is 3. The van der Waals surface area contributed by atoms with Crippen molar-refractivity contribution >= 4 is 17.6 Å². The van der Waals surface area contributed by atoms with Gasteiger partial charge in [0.2, 0.25) is 5.91 Å². The van der Waals surface area contributed by atoms with Gasteiger partial charge in [-0.25, -0.2) is 0 Å². The Balaban J connectivity index is 1.45. The maximum Gasteiger partial charge on any atom is 0.246 e. The Hall–Kier alpha value is -3.81. The van der Waals surface area contributed by atoms with Gasteiger partial charge in [0.1, 0.15) is 18.4 Å². The van der Waals surface area contributed by atoms with Crippen LogP contribution in [-0.4, -0.2) is 41.3 Å². The Morgan fingerprint density at radius 2 is 2.00 bits per heavy atom. The van der Waals surface area contributed by atoms with Gasteiger partial charge in [-0.05, 0) is 49.2 Å². The van der Waals surface area contributed by atoms with Crippen LogP contribution in [-0.2, 0) is 17.9 Å². The molecule has 1 unspecified atom stereocenters. The van der Waals surface area contributed by atoms with E-state index in [1.807, 2.05) is 62.4 Å². The Morgan fingerprint density at radius 3 is 2.75 bits per heavy atom. The third-order valence-corrected chi connectivity index (χ3v) is 4.74. The van der Waals surface area contributed by atoms with E-state index in [1.54, 1.807) is 30.2 Å². The Bertz CT molecular complexity index is 1030. The van der Waals surface area contributed by atoms with Crippen molar-refractivity contribution in [3.63, 3.8) is 0 Å². The first-order valence-corrected chi connectivity index (χ1v) is 10.6. The number of benzene rings is 2. The fraction of sp³-hybridized carbons (Fsp3) is 0.292. The standard InChI is InChI=1S/C24H30N6O2/c1-18-8-4-5-11-22(18)32-19(2)15-26-24(25-3)27-16-20-9-6-10-21(14-20)29-23(31)17-30-13-7-12-28-30/h4-14,19H,15-17H2,1-3H3,(H,29,31)(H2,25,26,27). The summed E-state index contributed by atoms with van der Waals surface area (Å²) >= 11 is 0. The van der Waals surface area contributed by atoms with Crippen molar-refractivity contribution in [3.8, 4) is 5.75 Å². The molecule has 0 aliphatic heterocycles. The lowest BCUT2D eigenvalue weighted by Gasteiger charge is -2.19. The lowest BCUT2D eigenvalue weighted by molar-refractivity contribution is -0.116. The van der Waals surface area contributed by atoms with E-state index < -0.39 is 0 Å². The minimum absolute atomic E-state index is 0.0250. The summed E-state index contributed by atoms with van der Waals surface area (Å²) in [6.45, 7) is 5.40. The normalized spacial score (nSPS) is 12.2. The number of aryl methyl sites for hydroxylation is 1. The van der Waals surface area contributed by atoms with E-state index in [9.17, 15) is 4.79 Å². The molecule has 168 valence electrons. The number of hydrogen-bond donors (Lipinski definition) is 3. The quantitative estimate of drug-likeness (QED) is 0.356. The van der Waals surface area contributed by atoms with Crippen LogP contribution in [0.5, 0.6) is 5.75 Å². The molecule has 1 aromatic heterocycles. The van der Waals surface area contributed by atoms with E-state index >= 15 is 0 Å². The highest BCUT2D eigenvalue weighted by Crippen LogP contribution is 2.17. The first-order valence-electron chi connectivity index (χ1n) is 10.6. The van der Waals surface area contributed by atoms with Gasteiger partial charge in [0.25, 0.3) is 0 Å². The highest BCUT2D eigenvalue weighted by molar-refractivity contribution is 5.90. The van der Waals surface area contributed by atoms with E-state index in [2.05, 4.69) is 26.0 Å². The maximum atomic E-state index is 12.2. The largest absolute Gasteiger partial charge is 0.489 e. The number of rotatable bonds is 9. The minimum Gasteiger partial charge on any atom is -0.489 e. The molecule has 1 amide bonds. The molecule has 2 aromatic carbocycles. The maximum absolute atomic E-state index is 12.2. The predicted molar refractivity (Wildman–Crippen MR) is 127 cm³/mol. The number of hydrogen-bond acceptors (Lipinski definition) is 4. The molecule has 32 heavy (non-hydrogen) atoms. The molecule has 1 heterocycles. The molecule has 3 aromatic rings. The van der Waals surface area contributed by atoms with Gasteiger partial charge in [-0.2, -0.15) is 5.10 Å². The Kier molecular flexibility index (Phi) is 8.25. The molecular formula is C24H30N6O2. The predicted octanol–water partition coefficient (Wildman–Crippen LogP) is 2.96. The van der Waals surface area contributed by atoms with Crippen molar-refractivity contribution in [2.45, 2.75) is 33.0 Å². The van der Waals surface area contributed by atoms with Crippen LogP contribution in [0, 0.1) is 6.92 Å². The molecule has 0 aliphatic rings. The molecule has 1 atom stereocenters. The molecule has 0 saturated heterocycles. The number of anilines is 1. The topological polar surface area (TPSA) is 92.6 Å². The number of nitrogens with zero attached hydrogens (tertiary/aromatic N) is 3. The van der Waals surface area contributed by atoms with Gasteiger partial charge in [0.05, 0.1) is 6.54 Å². The van der Waals surface area contributed by atoms with E-state index in [0.29, 0.717) is 19.0 Å². The molecule has 3 N–H and O–H groups in total. The average molecular weight is 435 g/mol. The van der Waals surface area contributed by atoms with Gasteiger partial charge < -0.3 is 20.7 Å². The molecular weight excluding hydrogens is 404 g/mol. The van der Waals surface area contributed by atoms with Crippen molar-refractivity contribution in [1.29, 1.82) is 0 Å². The van der Waals surface area contributed by atoms with Gasteiger partial charge in [-0.15, -0.1) is 0 Å². The summed E-state index contributed by atoms with van der Waals surface area (Å²) in [5.74, 6) is 1.44. The third kappa shape index (κ3) is 7.16. The molecule has 0 bridgehead atoms. The average Bonchev–Trinajstić information content (AvgIpc) is 3.28. The second kappa shape index (κ2) is 11.5. The van der Waals surface area contributed by atoms with Crippen LogP contribution in [0.4, 0.5) is 5.69 Å². The number of amides is 1. The van der Waals surface area contributed by atoms with Gasteiger partial charge in [-0.3, -0.25) is 14.5 Å². The van der Waals surface area contributed by atoms with Crippen molar-refractivity contribution < 1.29 is 9.53 Å². The number of guanidine groups is 1. The first kappa shape index (κ1) is 22.9. The zero-order valence-corrected chi connectivity index (χ0v) is 18.7. The molecule has 0 radical (unpaired) electrons. The molecule has 0 spiro atoms. The molecule has 8 nitrogen and oxygen atoms in total. The van der Waals surface area contributed by atoms with Crippen molar-refractivity contribution in [1.82, 2.24) is 20.4 Å². The fourth-order valence-corrected chi connectivity index (χ4v) is 3.09. The van der Waals surface area contributed by atoms with Crippen LogP contribution in [0.25, 0.3) is 0 Å². The summed E-state index contributed by atoms with van der Waals surface area (Å²) in [5.41, 5.74) is 2.87. The smallest absolute Gasteiger partial charge is 0.246 e. The summed E-state index contributed by atoms with van der Waals surface area (Å²) in [5, 5.41) is 13.5. The van der Waals surface area contributed by atoms with Gasteiger partial charge in [0, 0.05) is 31.7 Å². The zero-order chi connectivity index (χ0) is 22.8. The fourth-order valence-electron chi connectivity index (χ4n) is 3.09. The highest BCUT2D eigenvalue weighted by Gasteiger charge is 2.08. The lowest BCUT2D eigenvalue weighted by atomic mass is 10.2. The van der Waals surface area contributed by atoms with Crippen LogP contribution in [0.2, 0.25) is 0 Å². The summed E-state index contributed by atoms with van der Waals surface area (Å²) in [6, 6.07) is 17.5. The lowest BCUT2D eigenvalue weighted by Crippen LogP contribution is -2.41. The molecule has 0 aliphatic carbocycles. The van der Waals surface area contributed by atoms with E-state index in [4.69, 9.17) is 4.74 Å². The van der Waals surface area contributed by atoms with Gasteiger partial charge in [0.15, 0.2) is 5.96 Å². The number of para-hydroxylation sites is 1. The highest BCUT2D eigenvalue weighted by atomic mass is 16.5. The molecule has 3 rings (SSSR count). The van der Waals surface area contributed by atoms with Crippen LogP contribution < -0.4 is 20.7 Å². The van der Waals surface area contributed by atoms with Crippen LogP contribution in [0.1, 0.15) is 18.1 Å². The number of carbonyl (C=O) groups is 1. The minimum atomic E-state index is -0.126. The second-order valence-corrected chi connectivity index (χ2v) is 7.45. The van der Waals surface area contributed by atoms with Crippen molar-refractivity contribution in [3.05, 3.63) is 78.1 Å². The number of ether oxygens (including phenoxy) is 1. The monoisotopic (exact) mass is 434 g/mol.